The van der Waals surface area contributed by atoms with Crippen LogP contribution < -0.4 is 0 Å². The number of aliphatic hydroxyl groups excluding tert-OH is 2. The van der Waals surface area contributed by atoms with Gasteiger partial charge in [-0.25, -0.2) is 24.0 Å². The van der Waals surface area contributed by atoms with Gasteiger partial charge in [-0.3, -0.25) is 4.79 Å². The molecule has 14 nitrogen and oxygen atoms in total. The van der Waals surface area contributed by atoms with Crippen molar-refractivity contribution in [1.29, 1.82) is 0 Å². The van der Waals surface area contributed by atoms with Crippen LogP contribution in [0.15, 0.2) is 24.0 Å². The molecule has 0 radical (unpaired) electrons. The van der Waals surface area contributed by atoms with Gasteiger partial charge in [0.05, 0.1) is 12.5 Å². The first-order chi connectivity index (χ1) is 11.7. The Hall–Kier alpha value is -3.94. The fourth-order valence-corrected chi connectivity index (χ4v) is 0.574. The molecule has 8 N–H and O–H groups in total. The van der Waals surface area contributed by atoms with Crippen LogP contribution in [-0.4, -0.2) is 82.8 Å². The minimum Gasteiger partial charge on any atom is -0.502 e. The van der Waals surface area contributed by atoms with Gasteiger partial charge in [0, 0.05) is 12.2 Å². The lowest BCUT2D eigenvalue weighted by Gasteiger charge is -1.97. The van der Waals surface area contributed by atoms with E-state index in [0.29, 0.717) is 12.2 Å². The zero-order valence-electron chi connectivity index (χ0n) is 12.5. The fraction of sp³-hybridized carbons (Fsp3) is 0.167. The Morgan fingerprint density at radius 1 is 0.692 bits per heavy atom. The van der Waals surface area contributed by atoms with Gasteiger partial charge >= 0.3 is 35.8 Å². The average Bonchev–Trinajstić information content (AvgIpc) is 2.44. The van der Waals surface area contributed by atoms with Gasteiger partial charge in [-0.2, -0.15) is 0 Å². The van der Waals surface area contributed by atoms with Gasteiger partial charge in [-0.1, -0.05) is 0 Å². The number of aliphatic carboxylic acids is 6. The van der Waals surface area contributed by atoms with E-state index in [1.165, 1.54) is 0 Å². The molecule has 0 aromatic heterocycles. The second-order valence-corrected chi connectivity index (χ2v) is 3.63. The lowest BCUT2D eigenvalue weighted by Crippen LogP contribution is -2.22. The highest BCUT2D eigenvalue weighted by Gasteiger charge is 2.16. The Balaban J connectivity index is -0.000000306. The summed E-state index contributed by atoms with van der Waals surface area (Å²) in [4.78, 5) is 57.8. The number of hydrogen-bond acceptors (Lipinski definition) is 8. The number of carboxylic acids is 6. The summed E-state index contributed by atoms with van der Waals surface area (Å²) in [7, 11) is 0. The maximum Gasteiger partial charge on any atom is 0.371 e. The minimum atomic E-state index is -1.79. The third-order valence-corrected chi connectivity index (χ3v) is 1.50. The van der Waals surface area contributed by atoms with Crippen LogP contribution in [0.1, 0.15) is 6.42 Å². The highest BCUT2D eigenvalue weighted by atomic mass is 16.4. The van der Waals surface area contributed by atoms with Gasteiger partial charge in [0.15, 0.2) is 6.10 Å². The third kappa shape index (κ3) is 25.0. The van der Waals surface area contributed by atoms with Crippen LogP contribution in [0.5, 0.6) is 0 Å². The van der Waals surface area contributed by atoms with E-state index in [1.54, 1.807) is 0 Å². The van der Waals surface area contributed by atoms with Gasteiger partial charge in [-0.15, -0.1) is 0 Å². The van der Waals surface area contributed by atoms with Crippen molar-refractivity contribution in [3.8, 4) is 0 Å². The van der Waals surface area contributed by atoms with E-state index in [9.17, 15) is 28.8 Å². The Kier molecular flexibility index (Phi) is 15.2. The summed E-state index contributed by atoms with van der Waals surface area (Å²) in [6.07, 6.45) is -1.23. The second kappa shape index (κ2) is 14.6. The van der Waals surface area contributed by atoms with Crippen molar-refractivity contribution in [2.24, 2.45) is 0 Å². The number of carboxylic acid groups (broad SMARTS) is 6. The molecule has 0 aliphatic rings. The van der Waals surface area contributed by atoms with Crippen LogP contribution in [0.25, 0.3) is 0 Å². The largest absolute Gasteiger partial charge is 0.502 e. The van der Waals surface area contributed by atoms with E-state index in [4.69, 9.17) is 40.9 Å². The summed E-state index contributed by atoms with van der Waals surface area (Å²) in [5.41, 5.74) is 0. The van der Waals surface area contributed by atoms with Crippen LogP contribution in [0.4, 0.5) is 0 Å². The standard InChI is InChI=1S/C4H6O5.C4H4O5.C4H4O4/c2*5-2(4(8)9)1-3(6)7;5-3(6)1-2-4(7)8/h2,5H,1H2,(H,6,7)(H,8,9);1,5H,(H,6,7)(H,8,9);1-2H,(H,5,6)(H,7,8)/b;2-1+;2-1-. The second-order valence-electron chi connectivity index (χ2n) is 3.63. The Morgan fingerprint density at radius 2 is 1.08 bits per heavy atom. The first kappa shape index (κ1) is 26.9. The third-order valence-electron chi connectivity index (χ3n) is 1.50. The smallest absolute Gasteiger partial charge is 0.371 e. The van der Waals surface area contributed by atoms with E-state index < -0.39 is 54.1 Å². The SMILES string of the molecule is O=C(O)/C=C(/O)C(=O)O.O=C(O)/C=C\C(=O)O.O=C(O)CC(O)C(=O)O. The first-order valence-electron chi connectivity index (χ1n) is 5.84. The normalized spacial score (nSPS) is 11.0. The van der Waals surface area contributed by atoms with Crippen LogP contribution in [0, 0.1) is 0 Å². The quantitative estimate of drug-likeness (QED) is 0.179. The fourth-order valence-electron chi connectivity index (χ4n) is 0.574. The molecule has 0 aromatic carbocycles. The molecule has 0 rings (SSSR count). The van der Waals surface area contributed by atoms with Crippen molar-refractivity contribution >= 4 is 35.8 Å². The Morgan fingerprint density at radius 3 is 1.19 bits per heavy atom. The van der Waals surface area contributed by atoms with Gasteiger partial charge in [0.25, 0.3) is 0 Å². The molecule has 0 aliphatic heterocycles. The maximum absolute atomic E-state index is 9.72. The van der Waals surface area contributed by atoms with E-state index in [0.717, 1.165) is 0 Å². The molecule has 0 aliphatic carbocycles. The number of hydrogen-bond donors (Lipinski definition) is 8. The molecule has 0 fully saturated rings. The molecule has 1 atom stereocenters. The summed E-state index contributed by atoms with van der Waals surface area (Å²) < 4.78 is 0. The highest BCUT2D eigenvalue weighted by Crippen LogP contribution is 1.89. The number of carbonyl (C=O) groups is 6. The van der Waals surface area contributed by atoms with Gasteiger partial charge in [0.1, 0.15) is 0 Å². The van der Waals surface area contributed by atoms with Crippen molar-refractivity contribution in [2.75, 3.05) is 0 Å². The lowest BCUT2D eigenvalue weighted by atomic mass is 10.3. The minimum absolute atomic E-state index is 0.197. The van der Waals surface area contributed by atoms with Crippen molar-refractivity contribution in [3.63, 3.8) is 0 Å². The molecule has 0 amide bonds. The van der Waals surface area contributed by atoms with Gasteiger partial charge < -0.3 is 40.9 Å². The summed E-state index contributed by atoms with van der Waals surface area (Å²) >= 11 is 0. The zero-order chi connectivity index (χ0) is 21.4. The zero-order valence-corrected chi connectivity index (χ0v) is 12.5. The number of aliphatic hydroxyl groups is 2. The van der Waals surface area contributed by atoms with E-state index >= 15 is 0 Å². The molecule has 0 aromatic rings. The van der Waals surface area contributed by atoms with Gasteiger partial charge in [-0.05, 0) is 0 Å². The molecule has 146 valence electrons. The number of rotatable bonds is 7. The molecule has 0 heterocycles. The average molecular weight is 382 g/mol. The van der Waals surface area contributed by atoms with Crippen molar-refractivity contribution in [3.05, 3.63) is 24.0 Å². The first-order valence-corrected chi connectivity index (χ1v) is 5.84. The Bertz CT molecular complexity index is 583. The maximum atomic E-state index is 9.72. The predicted octanol–water partition coefficient (Wildman–Crippen LogP) is -1.78. The highest BCUT2D eigenvalue weighted by molar-refractivity contribution is 5.92. The lowest BCUT2D eigenvalue weighted by molar-refractivity contribution is -0.152. The summed E-state index contributed by atoms with van der Waals surface area (Å²) in [5.74, 6) is -9.68. The van der Waals surface area contributed by atoms with Gasteiger partial charge in [0.2, 0.25) is 5.76 Å². The molecule has 26 heavy (non-hydrogen) atoms. The summed E-state index contributed by atoms with van der Waals surface area (Å²) in [5, 5.41) is 63.6. The molecule has 0 saturated carbocycles. The summed E-state index contributed by atoms with van der Waals surface area (Å²) in [6, 6.07) is 0. The predicted molar refractivity (Wildman–Crippen MR) is 76.3 cm³/mol. The van der Waals surface area contributed by atoms with Crippen LogP contribution in [0.3, 0.4) is 0 Å². The van der Waals surface area contributed by atoms with E-state index in [-0.39, 0.29) is 6.08 Å². The van der Waals surface area contributed by atoms with Crippen molar-refractivity contribution in [1.82, 2.24) is 0 Å². The van der Waals surface area contributed by atoms with E-state index in [2.05, 4.69) is 0 Å². The topological polar surface area (TPSA) is 264 Å². The van der Waals surface area contributed by atoms with Crippen LogP contribution in [0.2, 0.25) is 0 Å². The summed E-state index contributed by atoms with van der Waals surface area (Å²) in [6.45, 7) is 0. The molecule has 0 saturated heterocycles. The molecule has 1 unspecified atom stereocenters. The van der Waals surface area contributed by atoms with Crippen molar-refractivity contribution < 1.29 is 69.6 Å². The van der Waals surface area contributed by atoms with Crippen LogP contribution >= 0.6 is 0 Å². The molecular formula is C12H14O14. The molecule has 0 spiro atoms. The Labute approximate surface area is 143 Å². The van der Waals surface area contributed by atoms with Crippen LogP contribution in [-0.2, 0) is 28.8 Å². The molecular weight excluding hydrogens is 368 g/mol. The monoisotopic (exact) mass is 382 g/mol. The van der Waals surface area contributed by atoms with Crippen molar-refractivity contribution in [2.45, 2.75) is 12.5 Å². The molecule has 0 bridgehead atoms. The van der Waals surface area contributed by atoms with E-state index in [1.807, 2.05) is 0 Å². The molecule has 14 heteroatoms.